The van der Waals surface area contributed by atoms with Gasteiger partial charge in [0.25, 0.3) is 5.56 Å². The fourth-order valence-electron chi connectivity index (χ4n) is 4.87. The van der Waals surface area contributed by atoms with Crippen LogP contribution in [0.15, 0.2) is 76.1 Å². The summed E-state index contributed by atoms with van der Waals surface area (Å²) in [6.45, 7) is 2.72. The highest BCUT2D eigenvalue weighted by Gasteiger charge is 2.31. The number of ether oxygens (including phenoxy) is 3. The van der Waals surface area contributed by atoms with Gasteiger partial charge in [0.05, 0.1) is 31.5 Å². The van der Waals surface area contributed by atoms with Gasteiger partial charge in [-0.2, -0.15) is 0 Å². The van der Waals surface area contributed by atoms with Crippen LogP contribution in [-0.2, 0) is 24.4 Å². The van der Waals surface area contributed by atoms with Gasteiger partial charge in [-0.1, -0.05) is 30.3 Å². The molecule has 0 spiro atoms. The summed E-state index contributed by atoms with van der Waals surface area (Å²) in [6, 6.07) is 18.8. The molecule has 200 valence electrons. The first-order chi connectivity index (χ1) is 19.2. The molecular formula is C28H28N6O5. The van der Waals surface area contributed by atoms with Gasteiger partial charge in [0.1, 0.15) is 25.0 Å². The highest BCUT2D eigenvalue weighted by Crippen LogP contribution is 2.35. The number of furan rings is 1. The second-order valence-corrected chi connectivity index (χ2v) is 9.26. The van der Waals surface area contributed by atoms with Crippen molar-refractivity contribution in [1.82, 2.24) is 30.1 Å². The second kappa shape index (κ2) is 11.1. The molecule has 11 nitrogen and oxygen atoms in total. The predicted molar refractivity (Wildman–Crippen MR) is 141 cm³/mol. The lowest BCUT2D eigenvalue weighted by molar-refractivity contribution is 0.163. The summed E-state index contributed by atoms with van der Waals surface area (Å²) in [4.78, 5) is 18.9. The number of nitrogens with one attached hydrogen (secondary N) is 1. The Hall–Kier alpha value is -4.48. The van der Waals surface area contributed by atoms with Gasteiger partial charge in [-0.3, -0.25) is 9.69 Å². The van der Waals surface area contributed by atoms with Crippen molar-refractivity contribution in [2.75, 3.05) is 26.9 Å². The van der Waals surface area contributed by atoms with Crippen molar-refractivity contribution in [2.24, 2.45) is 0 Å². The molecule has 1 aliphatic heterocycles. The third-order valence-electron chi connectivity index (χ3n) is 6.67. The lowest BCUT2D eigenvalue weighted by atomic mass is 10.0. The molecule has 0 amide bonds. The van der Waals surface area contributed by atoms with E-state index in [1.165, 1.54) is 0 Å². The number of hydrogen-bond acceptors (Lipinski definition) is 9. The third kappa shape index (κ3) is 5.27. The number of H-pyrrole nitrogens is 1. The first-order valence-corrected chi connectivity index (χ1v) is 12.7. The SMILES string of the molecule is COCCn1nnnc1C(c1cc2cc3c(cc2[nH]c1=O)OCCO3)N(Cc1ccccc1)Cc1ccco1. The molecule has 4 heterocycles. The van der Waals surface area contributed by atoms with Crippen LogP contribution < -0.4 is 15.0 Å². The van der Waals surface area contributed by atoms with Crippen LogP contribution in [0.1, 0.15) is 28.8 Å². The topological polar surface area (TPSA) is 121 Å². The lowest BCUT2D eigenvalue weighted by Gasteiger charge is -2.30. The zero-order chi connectivity index (χ0) is 26.6. The van der Waals surface area contributed by atoms with Crippen molar-refractivity contribution in [3.05, 3.63) is 100.0 Å². The number of hydrogen-bond donors (Lipinski definition) is 1. The first-order valence-electron chi connectivity index (χ1n) is 12.7. The van der Waals surface area contributed by atoms with E-state index in [-0.39, 0.29) is 5.56 Å². The zero-order valence-electron chi connectivity index (χ0n) is 21.4. The van der Waals surface area contributed by atoms with Gasteiger partial charge in [-0.25, -0.2) is 4.68 Å². The number of aromatic amines is 1. The van der Waals surface area contributed by atoms with E-state index < -0.39 is 6.04 Å². The summed E-state index contributed by atoms with van der Waals surface area (Å²) in [5, 5.41) is 13.4. The van der Waals surface area contributed by atoms with E-state index in [1.54, 1.807) is 24.1 Å². The molecule has 0 saturated carbocycles. The van der Waals surface area contributed by atoms with E-state index in [9.17, 15) is 4.79 Å². The normalized spacial score (nSPS) is 13.7. The minimum Gasteiger partial charge on any atom is -0.486 e. The molecule has 0 radical (unpaired) electrons. The minimum absolute atomic E-state index is 0.247. The molecule has 1 aliphatic rings. The van der Waals surface area contributed by atoms with Crippen molar-refractivity contribution < 1.29 is 18.6 Å². The fourth-order valence-corrected chi connectivity index (χ4v) is 4.87. The van der Waals surface area contributed by atoms with Crippen LogP contribution in [0.4, 0.5) is 0 Å². The molecule has 5 aromatic rings. The number of pyridine rings is 1. The number of methoxy groups -OCH3 is 1. The maximum Gasteiger partial charge on any atom is 0.253 e. The zero-order valence-corrected chi connectivity index (χ0v) is 21.4. The van der Waals surface area contributed by atoms with Crippen LogP contribution in [-0.4, -0.2) is 57.0 Å². The maximum absolute atomic E-state index is 13.7. The highest BCUT2D eigenvalue weighted by molar-refractivity contribution is 5.83. The van der Waals surface area contributed by atoms with E-state index in [0.717, 1.165) is 16.7 Å². The average Bonchev–Trinajstić information content (AvgIpc) is 3.64. The van der Waals surface area contributed by atoms with E-state index in [2.05, 4.69) is 25.4 Å². The number of tetrazole rings is 1. The second-order valence-electron chi connectivity index (χ2n) is 9.26. The summed E-state index contributed by atoms with van der Waals surface area (Å²) < 4.78 is 24.2. The predicted octanol–water partition coefficient (Wildman–Crippen LogP) is 3.32. The van der Waals surface area contributed by atoms with Crippen LogP contribution in [0.2, 0.25) is 0 Å². The van der Waals surface area contributed by atoms with Gasteiger partial charge in [0.15, 0.2) is 17.3 Å². The minimum atomic E-state index is -0.608. The molecule has 0 fully saturated rings. The molecular weight excluding hydrogens is 500 g/mol. The van der Waals surface area contributed by atoms with Gasteiger partial charge in [-0.15, -0.1) is 5.10 Å². The smallest absolute Gasteiger partial charge is 0.253 e. The summed E-state index contributed by atoms with van der Waals surface area (Å²) in [5.74, 6) is 2.53. The van der Waals surface area contributed by atoms with Gasteiger partial charge in [0, 0.05) is 30.7 Å². The van der Waals surface area contributed by atoms with Crippen molar-refractivity contribution in [1.29, 1.82) is 0 Å². The molecule has 1 N–H and O–H groups in total. The van der Waals surface area contributed by atoms with Crippen molar-refractivity contribution in [3.63, 3.8) is 0 Å². The summed E-state index contributed by atoms with van der Waals surface area (Å²) in [6.07, 6.45) is 1.64. The monoisotopic (exact) mass is 528 g/mol. The Morgan fingerprint density at radius 1 is 1.05 bits per heavy atom. The molecule has 0 saturated heterocycles. The van der Waals surface area contributed by atoms with Crippen LogP contribution in [0.5, 0.6) is 11.5 Å². The number of aromatic nitrogens is 5. The van der Waals surface area contributed by atoms with Crippen molar-refractivity contribution in [2.45, 2.75) is 25.7 Å². The number of fused-ring (bicyclic) bond motifs is 2. The molecule has 11 heteroatoms. The Bertz CT molecular complexity index is 1600. The summed E-state index contributed by atoms with van der Waals surface area (Å²) in [7, 11) is 1.63. The molecule has 1 unspecified atom stereocenters. The largest absolute Gasteiger partial charge is 0.486 e. The lowest BCUT2D eigenvalue weighted by Crippen LogP contribution is -2.35. The fraction of sp³-hybridized carbons (Fsp3) is 0.286. The molecule has 0 aliphatic carbocycles. The first kappa shape index (κ1) is 24.8. The van der Waals surface area contributed by atoms with Crippen LogP contribution in [0, 0.1) is 0 Å². The molecule has 39 heavy (non-hydrogen) atoms. The quantitative estimate of drug-likeness (QED) is 0.291. The Labute approximate surface area is 223 Å². The van der Waals surface area contributed by atoms with E-state index >= 15 is 0 Å². The molecule has 1 atom stereocenters. The average molecular weight is 529 g/mol. The molecule has 2 aromatic carbocycles. The van der Waals surface area contributed by atoms with Crippen LogP contribution >= 0.6 is 0 Å². The third-order valence-corrected chi connectivity index (χ3v) is 6.67. The van der Waals surface area contributed by atoms with E-state index in [0.29, 0.717) is 67.9 Å². The number of rotatable bonds is 10. The number of nitrogens with zero attached hydrogens (tertiary/aromatic N) is 5. The van der Waals surface area contributed by atoms with Gasteiger partial charge < -0.3 is 23.6 Å². The van der Waals surface area contributed by atoms with E-state index in [4.69, 9.17) is 18.6 Å². The standard InChI is InChI=1S/C28H28N6O5/c1-36-11-9-34-27(30-31-32-34)26(33(18-21-8-5-10-37-21)17-19-6-3-2-4-7-19)22-14-20-15-24-25(39-13-12-38-24)16-23(20)29-28(22)35/h2-8,10,14-16,26H,9,11-13,17-18H2,1H3,(H,29,35). The van der Waals surface area contributed by atoms with Crippen LogP contribution in [0.3, 0.4) is 0 Å². The molecule has 3 aromatic heterocycles. The Morgan fingerprint density at radius 3 is 2.64 bits per heavy atom. The number of benzene rings is 2. The summed E-state index contributed by atoms with van der Waals surface area (Å²) >= 11 is 0. The van der Waals surface area contributed by atoms with Crippen molar-refractivity contribution in [3.8, 4) is 11.5 Å². The Balaban J connectivity index is 1.51. The van der Waals surface area contributed by atoms with Gasteiger partial charge >= 0.3 is 0 Å². The van der Waals surface area contributed by atoms with Gasteiger partial charge in [-0.05, 0) is 40.3 Å². The van der Waals surface area contributed by atoms with Gasteiger partial charge in [0.2, 0.25) is 0 Å². The Kier molecular flexibility index (Phi) is 7.07. The van der Waals surface area contributed by atoms with Crippen molar-refractivity contribution >= 4 is 10.9 Å². The Morgan fingerprint density at radius 2 is 1.87 bits per heavy atom. The highest BCUT2D eigenvalue weighted by atomic mass is 16.6. The summed E-state index contributed by atoms with van der Waals surface area (Å²) in [5.41, 5.74) is 1.98. The maximum atomic E-state index is 13.7. The molecule has 6 rings (SSSR count). The molecule has 0 bridgehead atoms. The van der Waals surface area contributed by atoms with E-state index in [1.807, 2.05) is 54.6 Å². The van der Waals surface area contributed by atoms with Crippen LogP contribution in [0.25, 0.3) is 10.9 Å².